The highest BCUT2D eigenvalue weighted by Gasteiger charge is 3.09. The number of halogens is 10. The standard InChI is InChI=1S/C7HF10/c8-2-1-3(9,10)4(11,5(2,12)13)7(16,17)6(2,14)15/h1H. The number of hydrogen-bond acceptors (Lipinski definition) is 0. The minimum absolute atomic E-state index is 1.68. The second kappa shape index (κ2) is 2.37. The zero-order chi connectivity index (χ0) is 13.7. The van der Waals surface area contributed by atoms with Crippen molar-refractivity contribution in [1.29, 1.82) is 0 Å². The molecule has 2 bridgehead atoms. The molecule has 1 radical (unpaired) electrons. The Balaban J connectivity index is 2.83. The van der Waals surface area contributed by atoms with Crippen LogP contribution in [0.3, 0.4) is 0 Å². The van der Waals surface area contributed by atoms with E-state index in [-0.39, 0.29) is 0 Å². The molecule has 0 saturated heterocycles. The Hall–Kier alpha value is -0.700. The van der Waals surface area contributed by atoms with Gasteiger partial charge in [-0.15, -0.1) is 0 Å². The number of hydrogen-bond donors (Lipinski definition) is 0. The van der Waals surface area contributed by atoms with Crippen molar-refractivity contribution < 1.29 is 43.9 Å². The highest BCUT2D eigenvalue weighted by Crippen LogP contribution is 2.78. The quantitative estimate of drug-likeness (QED) is 0.596. The molecule has 2 saturated carbocycles. The first-order valence-electron chi connectivity index (χ1n) is 3.97. The lowest BCUT2D eigenvalue weighted by Crippen LogP contribution is -2.65. The van der Waals surface area contributed by atoms with Crippen LogP contribution in [-0.2, 0) is 0 Å². The third kappa shape index (κ3) is 0.770. The highest BCUT2D eigenvalue weighted by atomic mass is 19.3. The van der Waals surface area contributed by atoms with Crippen LogP contribution < -0.4 is 0 Å². The lowest BCUT2D eigenvalue weighted by molar-refractivity contribution is -0.320. The van der Waals surface area contributed by atoms with Gasteiger partial charge in [0.25, 0.3) is 5.67 Å². The second-order valence-electron chi connectivity index (χ2n) is 3.86. The van der Waals surface area contributed by atoms with Gasteiger partial charge in [-0.3, -0.25) is 0 Å². The fourth-order valence-corrected chi connectivity index (χ4v) is 2.04. The van der Waals surface area contributed by atoms with Crippen LogP contribution in [0.1, 0.15) is 0 Å². The van der Waals surface area contributed by atoms with Crippen LogP contribution in [-0.4, -0.2) is 35.0 Å². The van der Waals surface area contributed by atoms with Crippen molar-refractivity contribution in [1.82, 2.24) is 0 Å². The molecule has 0 nitrogen and oxygen atoms in total. The van der Waals surface area contributed by atoms with Crippen molar-refractivity contribution >= 4 is 0 Å². The van der Waals surface area contributed by atoms with Crippen LogP contribution in [0.15, 0.2) is 0 Å². The summed E-state index contributed by atoms with van der Waals surface area (Å²) in [5, 5.41) is 0. The van der Waals surface area contributed by atoms with E-state index in [0.717, 1.165) is 0 Å². The molecule has 2 rings (SSSR count). The summed E-state index contributed by atoms with van der Waals surface area (Å²) in [5.74, 6) is -24.7. The Labute approximate surface area is 86.6 Å². The Morgan fingerprint density at radius 2 is 0.941 bits per heavy atom. The Bertz CT molecular complexity index is 376. The van der Waals surface area contributed by atoms with Crippen molar-refractivity contribution in [3.63, 3.8) is 0 Å². The van der Waals surface area contributed by atoms with Gasteiger partial charge in [0, 0.05) is 0 Å². The van der Waals surface area contributed by atoms with Crippen molar-refractivity contribution in [3.8, 4) is 0 Å². The summed E-state index contributed by atoms with van der Waals surface area (Å²) in [6, 6.07) is 0. The van der Waals surface area contributed by atoms with E-state index in [1.165, 1.54) is 0 Å². The molecule has 0 aromatic carbocycles. The molecule has 2 aliphatic rings. The highest BCUT2D eigenvalue weighted by molar-refractivity contribution is 5.46. The van der Waals surface area contributed by atoms with E-state index in [2.05, 4.69) is 0 Å². The van der Waals surface area contributed by atoms with Gasteiger partial charge in [0.05, 0.1) is 6.42 Å². The minimum atomic E-state index is -6.53. The summed E-state index contributed by atoms with van der Waals surface area (Å²) < 4.78 is 128. The average molecular weight is 275 g/mol. The summed E-state index contributed by atoms with van der Waals surface area (Å²) in [4.78, 5) is 0. The molecule has 2 aliphatic carbocycles. The van der Waals surface area contributed by atoms with Crippen molar-refractivity contribution in [2.45, 2.75) is 35.0 Å². The van der Waals surface area contributed by atoms with E-state index in [1.54, 1.807) is 0 Å². The average Bonchev–Trinajstić information content (AvgIpc) is 2.25. The van der Waals surface area contributed by atoms with Gasteiger partial charge < -0.3 is 0 Å². The van der Waals surface area contributed by atoms with E-state index in [0.29, 0.717) is 0 Å². The Morgan fingerprint density at radius 1 is 0.529 bits per heavy atom. The minimum Gasteiger partial charge on any atom is -0.229 e. The molecule has 0 N–H and O–H groups in total. The lowest BCUT2D eigenvalue weighted by Gasteiger charge is -2.37. The van der Waals surface area contributed by atoms with Gasteiger partial charge in [-0.25, -0.2) is 17.6 Å². The molecular weight excluding hydrogens is 274 g/mol. The lowest BCUT2D eigenvalue weighted by atomic mass is 9.86. The van der Waals surface area contributed by atoms with Crippen LogP contribution in [0.4, 0.5) is 43.9 Å². The van der Waals surface area contributed by atoms with E-state index in [4.69, 9.17) is 0 Å². The molecule has 0 heterocycles. The maximum absolute atomic E-state index is 13.2. The maximum Gasteiger partial charge on any atom is 0.359 e. The topological polar surface area (TPSA) is 0 Å². The summed E-state index contributed by atoms with van der Waals surface area (Å²) in [6.07, 6.45) is -1.68. The van der Waals surface area contributed by atoms with Gasteiger partial charge in [0.1, 0.15) is 0 Å². The third-order valence-electron chi connectivity index (χ3n) is 3.01. The SMILES string of the molecule is FC1(F)[CH]C2(F)C(F)(F)C(F)(F)C1(F)C2(F)F. The molecule has 2 unspecified atom stereocenters. The molecule has 99 valence electrons. The number of rotatable bonds is 0. The fourth-order valence-electron chi connectivity index (χ4n) is 2.04. The van der Waals surface area contributed by atoms with Gasteiger partial charge in [0.15, 0.2) is 0 Å². The molecule has 0 aromatic rings. The van der Waals surface area contributed by atoms with Crippen LogP contribution in [0, 0.1) is 6.42 Å². The van der Waals surface area contributed by atoms with Gasteiger partial charge in [-0.2, -0.15) is 26.3 Å². The third-order valence-corrected chi connectivity index (χ3v) is 3.01. The second-order valence-corrected chi connectivity index (χ2v) is 3.86. The Kier molecular flexibility index (Phi) is 1.78. The van der Waals surface area contributed by atoms with E-state index < -0.39 is 41.4 Å². The van der Waals surface area contributed by atoms with Gasteiger partial charge in [-0.1, -0.05) is 0 Å². The predicted octanol–water partition coefficient (Wildman–Crippen LogP) is 3.18. The zero-order valence-corrected chi connectivity index (χ0v) is 7.36. The summed E-state index contributed by atoms with van der Waals surface area (Å²) in [7, 11) is 0. The largest absolute Gasteiger partial charge is 0.359 e. The molecule has 0 aliphatic heterocycles. The number of fused-ring (bicyclic) bond motifs is 2. The van der Waals surface area contributed by atoms with Crippen molar-refractivity contribution in [2.75, 3.05) is 0 Å². The predicted molar refractivity (Wildman–Crippen MR) is 31.8 cm³/mol. The normalized spacial score (nSPS) is 48.4. The molecule has 17 heavy (non-hydrogen) atoms. The molecule has 2 atom stereocenters. The molecule has 0 amide bonds. The van der Waals surface area contributed by atoms with Gasteiger partial charge in [-0.05, 0) is 0 Å². The smallest absolute Gasteiger partial charge is 0.229 e. The van der Waals surface area contributed by atoms with Gasteiger partial charge in [0.2, 0.25) is 0 Å². The van der Waals surface area contributed by atoms with E-state index in [1.807, 2.05) is 0 Å². The van der Waals surface area contributed by atoms with Crippen LogP contribution in [0.25, 0.3) is 0 Å². The maximum atomic E-state index is 13.2. The van der Waals surface area contributed by atoms with E-state index in [9.17, 15) is 43.9 Å². The zero-order valence-electron chi connectivity index (χ0n) is 7.36. The van der Waals surface area contributed by atoms with Crippen molar-refractivity contribution in [3.05, 3.63) is 6.42 Å². The summed E-state index contributed by atoms with van der Waals surface area (Å²) >= 11 is 0. The Morgan fingerprint density at radius 3 is 1.18 bits per heavy atom. The molecule has 10 heteroatoms. The van der Waals surface area contributed by atoms with Gasteiger partial charge >= 0.3 is 29.4 Å². The van der Waals surface area contributed by atoms with Crippen molar-refractivity contribution in [2.24, 2.45) is 0 Å². The summed E-state index contributed by atoms with van der Waals surface area (Å²) in [6.45, 7) is 0. The number of alkyl halides is 10. The molecular formula is C7HF10. The molecule has 0 aromatic heterocycles. The first-order chi connectivity index (χ1) is 7.21. The molecule has 2 fully saturated rings. The van der Waals surface area contributed by atoms with E-state index >= 15 is 0 Å². The molecule has 0 spiro atoms. The fraction of sp³-hybridized carbons (Fsp3) is 0.857. The van der Waals surface area contributed by atoms with Crippen LogP contribution in [0.2, 0.25) is 0 Å². The summed E-state index contributed by atoms with van der Waals surface area (Å²) in [5.41, 5.74) is -12.0. The first-order valence-corrected chi connectivity index (χ1v) is 3.97. The van der Waals surface area contributed by atoms with Crippen LogP contribution in [0.5, 0.6) is 0 Å². The first kappa shape index (κ1) is 12.7. The monoisotopic (exact) mass is 275 g/mol. The van der Waals surface area contributed by atoms with Crippen LogP contribution >= 0.6 is 0 Å².